The summed E-state index contributed by atoms with van der Waals surface area (Å²) in [7, 11) is 0. The number of carboxylic acid groups (broad SMARTS) is 2. The van der Waals surface area contributed by atoms with Crippen molar-refractivity contribution in [3.63, 3.8) is 0 Å². The first-order valence-corrected chi connectivity index (χ1v) is 23.4. The number of rotatable bonds is 24. The molecular formula is C46H68N10O14. The van der Waals surface area contributed by atoms with E-state index in [1.165, 1.54) is 61.8 Å². The summed E-state index contributed by atoms with van der Waals surface area (Å²) in [4.78, 5) is 155. The fraction of sp³-hybridized carbons (Fsp3) is 0.609. The van der Waals surface area contributed by atoms with Crippen molar-refractivity contribution in [1.29, 1.82) is 0 Å². The third-order valence-electron chi connectivity index (χ3n) is 11.7. The third-order valence-corrected chi connectivity index (χ3v) is 11.7. The molecule has 0 spiro atoms. The van der Waals surface area contributed by atoms with Gasteiger partial charge in [-0.25, -0.2) is 0 Å². The fourth-order valence-corrected chi connectivity index (χ4v) is 7.75. The quantitative estimate of drug-likeness (QED) is 0.0629. The molecule has 10 N–H and O–H groups in total. The molecule has 10 amide bonds. The Bertz CT molecular complexity index is 1990. The zero-order valence-electron chi connectivity index (χ0n) is 40.8. The first-order valence-electron chi connectivity index (χ1n) is 23.4. The second kappa shape index (κ2) is 26.6. The van der Waals surface area contributed by atoms with E-state index in [9.17, 15) is 57.5 Å². The molecular weight excluding hydrogens is 917 g/mol. The molecule has 2 saturated heterocycles. The lowest BCUT2D eigenvalue weighted by Crippen LogP contribution is -2.57. The van der Waals surface area contributed by atoms with E-state index in [0.717, 1.165) is 0 Å². The van der Waals surface area contributed by atoms with Gasteiger partial charge in [0.2, 0.25) is 59.1 Å². The van der Waals surface area contributed by atoms with Crippen LogP contribution in [0.1, 0.15) is 107 Å². The number of amides is 10. The number of likely N-dealkylation sites (tertiary alicyclic amines) is 2. The predicted molar refractivity (Wildman–Crippen MR) is 251 cm³/mol. The van der Waals surface area contributed by atoms with Gasteiger partial charge in [0.25, 0.3) is 0 Å². The lowest BCUT2D eigenvalue weighted by Gasteiger charge is -2.30. The minimum Gasteiger partial charge on any atom is -0.481 e. The lowest BCUT2D eigenvalue weighted by molar-refractivity contribution is -0.142. The SMILES string of the molecule is CC(C)C(NC(=O)C1CCCN1C(=O)[C@H](C)NC(=O)[C@H](C)NC(=O)CCC(=O)O)C(=O)Nc1ccc(NC(=O)C(NC(=O)C2CCCN2C(=O)[C@H](C)NC(=O)[C@H](C)NC(=O)CCC(=O)O)C(C)C)cc1. The molecule has 4 unspecified atom stereocenters. The average molecular weight is 985 g/mol. The Morgan fingerprint density at radius 3 is 1.10 bits per heavy atom. The maximum atomic E-state index is 13.6. The Morgan fingerprint density at radius 1 is 0.471 bits per heavy atom. The summed E-state index contributed by atoms with van der Waals surface area (Å²) in [6.07, 6.45) is 0.107. The molecule has 24 heteroatoms. The summed E-state index contributed by atoms with van der Waals surface area (Å²) >= 11 is 0. The van der Waals surface area contributed by atoms with Crippen molar-refractivity contribution in [2.75, 3.05) is 23.7 Å². The highest BCUT2D eigenvalue weighted by Crippen LogP contribution is 2.22. The van der Waals surface area contributed by atoms with Crippen molar-refractivity contribution in [3.05, 3.63) is 24.3 Å². The van der Waals surface area contributed by atoms with Crippen molar-refractivity contribution in [3.8, 4) is 0 Å². The predicted octanol–water partition coefficient (Wildman–Crippen LogP) is -0.424. The Labute approximate surface area is 405 Å². The molecule has 0 aromatic heterocycles. The van der Waals surface area contributed by atoms with Gasteiger partial charge in [0.15, 0.2) is 0 Å². The van der Waals surface area contributed by atoms with E-state index in [1.54, 1.807) is 27.7 Å². The van der Waals surface area contributed by atoms with Crippen LogP contribution >= 0.6 is 0 Å². The van der Waals surface area contributed by atoms with Crippen LogP contribution in [0.25, 0.3) is 0 Å². The Balaban J connectivity index is 1.56. The van der Waals surface area contributed by atoms with Gasteiger partial charge >= 0.3 is 11.9 Å². The van der Waals surface area contributed by atoms with Gasteiger partial charge in [-0.1, -0.05) is 27.7 Å². The van der Waals surface area contributed by atoms with Crippen LogP contribution < -0.4 is 42.5 Å². The molecule has 2 aliphatic heterocycles. The van der Waals surface area contributed by atoms with Crippen LogP contribution in [0.2, 0.25) is 0 Å². The number of carboxylic acids is 2. The largest absolute Gasteiger partial charge is 0.481 e. The van der Waals surface area contributed by atoms with Crippen LogP contribution in [-0.2, 0) is 57.5 Å². The second-order valence-corrected chi connectivity index (χ2v) is 18.2. The summed E-state index contributed by atoms with van der Waals surface area (Å²) < 4.78 is 0. The molecule has 70 heavy (non-hydrogen) atoms. The highest BCUT2D eigenvalue weighted by atomic mass is 16.4. The number of nitrogens with zero attached hydrogens (tertiary/aromatic N) is 2. The van der Waals surface area contributed by atoms with Gasteiger partial charge in [-0.15, -0.1) is 0 Å². The minimum atomic E-state index is -1.17. The molecule has 0 saturated carbocycles. The van der Waals surface area contributed by atoms with Gasteiger partial charge < -0.3 is 62.5 Å². The van der Waals surface area contributed by atoms with Gasteiger partial charge in [0.1, 0.15) is 48.3 Å². The topological polar surface area (TPSA) is 348 Å². The molecule has 24 nitrogen and oxygen atoms in total. The summed E-state index contributed by atoms with van der Waals surface area (Å²) in [5.41, 5.74) is 0.662. The summed E-state index contributed by atoms with van der Waals surface area (Å²) in [5, 5.41) is 38.4. The van der Waals surface area contributed by atoms with Gasteiger partial charge in [0.05, 0.1) is 12.8 Å². The van der Waals surface area contributed by atoms with Crippen LogP contribution in [0.5, 0.6) is 0 Å². The summed E-state index contributed by atoms with van der Waals surface area (Å²) in [6.45, 7) is 13.0. The molecule has 0 aliphatic carbocycles. The van der Waals surface area contributed by atoms with Gasteiger partial charge in [0, 0.05) is 37.3 Å². The van der Waals surface area contributed by atoms with Crippen molar-refractivity contribution >= 4 is 82.4 Å². The number of carbonyl (C=O) groups excluding carboxylic acids is 10. The minimum absolute atomic E-state index is 0.221. The normalized spacial score (nSPS) is 18.0. The van der Waals surface area contributed by atoms with Crippen molar-refractivity contribution < 1.29 is 67.7 Å². The highest BCUT2D eigenvalue weighted by Gasteiger charge is 2.40. The first-order chi connectivity index (χ1) is 32.8. The number of nitrogens with one attached hydrogen (secondary N) is 8. The first kappa shape index (κ1) is 57.2. The number of benzene rings is 1. The zero-order chi connectivity index (χ0) is 52.6. The number of hydrogen-bond donors (Lipinski definition) is 10. The maximum absolute atomic E-state index is 13.6. The van der Waals surface area contributed by atoms with E-state index in [-0.39, 0.29) is 25.9 Å². The molecule has 1 aromatic rings. The number of carbonyl (C=O) groups is 12. The maximum Gasteiger partial charge on any atom is 0.303 e. The highest BCUT2D eigenvalue weighted by molar-refractivity contribution is 6.01. The fourth-order valence-electron chi connectivity index (χ4n) is 7.75. The molecule has 0 bridgehead atoms. The molecule has 0 radical (unpaired) electrons. The van der Waals surface area contributed by atoms with Crippen molar-refractivity contribution in [2.45, 2.75) is 155 Å². The average Bonchev–Trinajstić information content (AvgIpc) is 3.99. The van der Waals surface area contributed by atoms with Crippen LogP contribution in [-0.4, -0.2) is 152 Å². The molecule has 3 rings (SSSR count). The number of hydrogen-bond acceptors (Lipinski definition) is 12. The Morgan fingerprint density at radius 2 is 0.800 bits per heavy atom. The van der Waals surface area contributed by atoms with Gasteiger partial charge in [-0.05, 0) is 89.5 Å². The van der Waals surface area contributed by atoms with E-state index in [1.807, 2.05) is 0 Å². The smallest absolute Gasteiger partial charge is 0.303 e. The molecule has 2 aliphatic rings. The van der Waals surface area contributed by atoms with Crippen LogP contribution in [0.15, 0.2) is 24.3 Å². The van der Waals surface area contributed by atoms with Crippen LogP contribution in [0.3, 0.4) is 0 Å². The molecule has 386 valence electrons. The van der Waals surface area contributed by atoms with Gasteiger partial charge in [-0.2, -0.15) is 0 Å². The van der Waals surface area contributed by atoms with Gasteiger partial charge in [-0.3, -0.25) is 57.5 Å². The van der Waals surface area contributed by atoms with E-state index >= 15 is 0 Å². The van der Waals surface area contributed by atoms with Crippen molar-refractivity contribution in [2.24, 2.45) is 11.8 Å². The molecule has 8 atom stereocenters. The van der Waals surface area contributed by atoms with E-state index in [0.29, 0.717) is 37.1 Å². The summed E-state index contributed by atoms with van der Waals surface area (Å²) in [5.74, 6) is -9.13. The molecule has 2 heterocycles. The van der Waals surface area contributed by atoms with Crippen LogP contribution in [0.4, 0.5) is 11.4 Å². The third kappa shape index (κ3) is 17.1. The Hall–Kier alpha value is -7.14. The van der Waals surface area contributed by atoms with E-state index < -0.39 is 144 Å². The van der Waals surface area contributed by atoms with E-state index in [2.05, 4.69) is 42.5 Å². The number of anilines is 2. The van der Waals surface area contributed by atoms with E-state index in [4.69, 9.17) is 10.2 Å². The lowest BCUT2D eigenvalue weighted by atomic mass is 10.0. The zero-order valence-corrected chi connectivity index (χ0v) is 40.8. The standard InChI is InChI=1S/C46H68N10O14/c1-23(2)37(53-41(65)31-11-9-21-55(31)45(69)27(7)49-39(63)25(5)47-33(57)17-19-35(59)60)43(67)51-29-13-15-30(16-14-29)52-44(68)38(24(3)4)54-42(66)32-12-10-22-56(32)46(70)28(8)50-40(64)26(6)48-34(58)18-20-36(61)62/h13-16,23-28,31-32,37-38H,9-12,17-22H2,1-8H3,(H,47,57)(H,48,58)(H,49,63)(H,50,64)(H,51,67)(H,52,68)(H,53,65)(H,54,66)(H,59,60)(H,61,62)/t25-,26-,27-,28-,31?,32?,37?,38?/m0/s1. The van der Waals surface area contributed by atoms with Crippen molar-refractivity contribution in [1.82, 2.24) is 41.7 Å². The molecule has 2 fully saturated rings. The summed E-state index contributed by atoms with van der Waals surface area (Å²) in [6, 6.07) is -2.10. The number of aliphatic carboxylic acids is 2. The monoisotopic (exact) mass is 984 g/mol. The Kier molecular flexibility index (Phi) is 21.7. The van der Waals surface area contributed by atoms with Crippen LogP contribution in [0, 0.1) is 11.8 Å². The molecule has 1 aromatic carbocycles. The second-order valence-electron chi connectivity index (χ2n) is 18.2.